The minimum Gasteiger partial charge on any atom is -0.387 e. The summed E-state index contributed by atoms with van der Waals surface area (Å²) in [6.07, 6.45) is 3.91. The second kappa shape index (κ2) is 13.2. The van der Waals surface area contributed by atoms with Gasteiger partial charge in [-0.05, 0) is 72.6 Å². The highest BCUT2D eigenvalue weighted by Crippen LogP contribution is 2.23. The van der Waals surface area contributed by atoms with Crippen LogP contribution < -0.4 is 10.0 Å². The minimum atomic E-state index is -3.79. The maximum absolute atomic E-state index is 13.0. The van der Waals surface area contributed by atoms with Crippen molar-refractivity contribution in [2.45, 2.75) is 23.8 Å². The largest absolute Gasteiger partial charge is 0.387 e. The van der Waals surface area contributed by atoms with Crippen LogP contribution in [0.2, 0.25) is 0 Å². The number of rotatable bonds is 12. The van der Waals surface area contributed by atoms with Crippen molar-refractivity contribution in [1.29, 1.82) is 0 Å². The zero-order valence-electron chi connectivity index (χ0n) is 21.9. The summed E-state index contributed by atoms with van der Waals surface area (Å²) in [7, 11) is -3.79. The molecular weight excluding hydrogens is 606 g/mol. The molecule has 0 aliphatic carbocycles. The van der Waals surface area contributed by atoms with Gasteiger partial charge in [-0.1, -0.05) is 57.5 Å². The molecule has 3 N–H and O–H groups in total. The summed E-state index contributed by atoms with van der Waals surface area (Å²) in [5.41, 5.74) is 3.95. The molecule has 2 aromatic heterocycles. The van der Waals surface area contributed by atoms with Crippen molar-refractivity contribution in [2.75, 3.05) is 17.8 Å². The Labute approximate surface area is 246 Å². The van der Waals surface area contributed by atoms with E-state index in [1.807, 2.05) is 42.5 Å². The van der Waals surface area contributed by atoms with E-state index < -0.39 is 16.1 Å². The van der Waals surface area contributed by atoms with Crippen LogP contribution in [0.4, 0.5) is 5.69 Å². The number of aliphatic hydroxyl groups excluding tert-OH is 1. The molecule has 0 amide bonds. The Kier molecular flexibility index (Phi) is 9.20. The van der Waals surface area contributed by atoms with Crippen LogP contribution >= 0.6 is 15.9 Å². The van der Waals surface area contributed by atoms with Gasteiger partial charge in [0, 0.05) is 40.2 Å². The third-order valence-electron chi connectivity index (χ3n) is 6.39. The third kappa shape index (κ3) is 7.65. The van der Waals surface area contributed by atoms with Gasteiger partial charge in [-0.2, -0.15) is 4.98 Å². The quantitative estimate of drug-likeness (QED) is 0.161. The van der Waals surface area contributed by atoms with Crippen molar-refractivity contribution in [3.8, 4) is 11.4 Å². The molecule has 3 aromatic carbocycles. The Bertz CT molecular complexity index is 1680. The summed E-state index contributed by atoms with van der Waals surface area (Å²) in [6.45, 7) is 1.09. The molecule has 1 unspecified atom stereocenters. The van der Waals surface area contributed by atoms with E-state index in [1.165, 1.54) is 12.1 Å². The van der Waals surface area contributed by atoms with E-state index in [4.69, 9.17) is 4.52 Å². The number of aliphatic hydroxyl groups is 1. The van der Waals surface area contributed by atoms with Gasteiger partial charge in [-0.25, -0.2) is 8.42 Å². The summed E-state index contributed by atoms with van der Waals surface area (Å²) in [5, 5.41) is 17.5. The number of benzene rings is 3. The molecule has 210 valence electrons. The minimum absolute atomic E-state index is 0.124. The fourth-order valence-electron chi connectivity index (χ4n) is 4.15. The molecule has 9 nitrogen and oxygen atoms in total. The Balaban J connectivity index is 1.13. The fraction of sp³-hybridized carbons (Fsp3) is 0.167. The predicted octanol–water partition coefficient (Wildman–Crippen LogP) is 5.15. The van der Waals surface area contributed by atoms with E-state index >= 15 is 0 Å². The number of sulfonamides is 1. The van der Waals surface area contributed by atoms with Gasteiger partial charge in [-0.15, -0.1) is 0 Å². The maximum atomic E-state index is 13.0. The normalized spacial score (nSPS) is 12.2. The first-order valence-corrected chi connectivity index (χ1v) is 15.2. The number of pyridine rings is 1. The van der Waals surface area contributed by atoms with Gasteiger partial charge in [0.15, 0.2) is 0 Å². The molecule has 5 aromatic rings. The SMILES string of the molecule is O=S(=O)(Nc1ccc(CCNCC(O)c2cccnc2)cc1)c1ccc(-c2noc(Cc3ccccc3Br)n2)cc1. The number of hydrogen-bond acceptors (Lipinski definition) is 8. The average Bonchev–Trinajstić information content (AvgIpc) is 3.46. The van der Waals surface area contributed by atoms with Gasteiger partial charge >= 0.3 is 0 Å². The molecule has 11 heteroatoms. The Morgan fingerprint density at radius 3 is 2.46 bits per heavy atom. The van der Waals surface area contributed by atoms with Crippen LogP contribution in [-0.2, 0) is 22.9 Å². The zero-order valence-corrected chi connectivity index (χ0v) is 24.3. The first kappa shape index (κ1) is 28.6. The van der Waals surface area contributed by atoms with Gasteiger partial charge in [0.05, 0.1) is 17.4 Å². The fourth-order valence-corrected chi connectivity index (χ4v) is 5.63. The Morgan fingerprint density at radius 2 is 1.73 bits per heavy atom. The summed E-state index contributed by atoms with van der Waals surface area (Å²) in [6, 6.07) is 25.0. The molecule has 0 saturated carbocycles. The topological polar surface area (TPSA) is 130 Å². The highest BCUT2D eigenvalue weighted by molar-refractivity contribution is 9.10. The lowest BCUT2D eigenvalue weighted by molar-refractivity contribution is 0.174. The van der Waals surface area contributed by atoms with Crippen LogP contribution in [0.1, 0.15) is 28.7 Å². The second-order valence-electron chi connectivity index (χ2n) is 9.36. The number of nitrogens with one attached hydrogen (secondary N) is 2. The van der Waals surface area contributed by atoms with Crippen LogP contribution in [0.3, 0.4) is 0 Å². The van der Waals surface area contributed by atoms with E-state index in [0.29, 0.717) is 42.5 Å². The smallest absolute Gasteiger partial charge is 0.261 e. The highest BCUT2D eigenvalue weighted by Gasteiger charge is 2.16. The molecule has 0 aliphatic heterocycles. The van der Waals surface area contributed by atoms with E-state index in [2.05, 4.69) is 41.1 Å². The standard InChI is InChI=1S/C30H28BrN5O4S/c31-27-6-2-1-4-23(27)18-29-34-30(35-40-29)22-9-13-26(14-10-22)41(38,39)36-25-11-7-21(8-12-25)15-17-33-20-28(37)24-5-3-16-32-19-24/h1-14,16,19,28,33,36-37H,15,17-18,20H2. The summed E-state index contributed by atoms with van der Waals surface area (Å²) in [4.78, 5) is 8.59. The Morgan fingerprint density at radius 1 is 0.951 bits per heavy atom. The van der Waals surface area contributed by atoms with Gasteiger partial charge in [-0.3, -0.25) is 9.71 Å². The van der Waals surface area contributed by atoms with E-state index in [1.54, 1.807) is 42.7 Å². The predicted molar refractivity (Wildman–Crippen MR) is 160 cm³/mol. The van der Waals surface area contributed by atoms with Crippen LogP contribution in [0, 0.1) is 0 Å². The number of nitrogens with zero attached hydrogens (tertiary/aromatic N) is 3. The first-order valence-electron chi connectivity index (χ1n) is 12.9. The van der Waals surface area contributed by atoms with Gasteiger partial charge in [0.25, 0.3) is 10.0 Å². The molecule has 0 fully saturated rings. The van der Waals surface area contributed by atoms with Crippen molar-refractivity contribution < 1.29 is 18.0 Å². The summed E-state index contributed by atoms with van der Waals surface area (Å²) < 4.78 is 34.9. The Hall–Kier alpha value is -3.90. The molecule has 0 saturated heterocycles. The van der Waals surface area contributed by atoms with E-state index in [9.17, 15) is 13.5 Å². The van der Waals surface area contributed by atoms with Crippen LogP contribution in [0.15, 0.2) is 111 Å². The van der Waals surface area contributed by atoms with Crippen LogP contribution in [0.25, 0.3) is 11.4 Å². The third-order valence-corrected chi connectivity index (χ3v) is 8.56. The van der Waals surface area contributed by atoms with E-state index in [0.717, 1.165) is 27.6 Å². The highest BCUT2D eigenvalue weighted by atomic mass is 79.9. The lowest BCUT2D eigenvalue weighted by Crippen LogP contribution is -2.23. The molecule has 0 spiro atoms. The monoisotopic (exact) mass is 633 g/mol. The van der Waals surface area contributed by atoms with Crippen molar-refractivity contribution in [1.82, 2.24) is 20.4 Å². The molecule has 2 heterocycles. The zero-order chi connectivity index (χ0) is 28.7. The second-order valence-corrected chi connectivity index (χ2v) is 11.9. The molecule has 0 radical (unpaired) electrons. The van der Waals surface area contributed by atoms with Gasteiger partial charge in [0.1, 0.15) is 0 Å². The maximum Gasteiger partial charge on any atom is 0.261 e. The summed E-state index contributed by atoms with van der Waals surface area (Å²) in [5.74, 6) is 0.854. The van der Waals surface area contributed by atoms with Crippen molar-refractivity contribution in [3.05, 3.63) is 124 Å². The van der Waals surface area contributed by atoms with Crippen LogP contribution in [-0.4, -0.2) is 41.7 Å². The van der Waals surface area contributed by atoms with Crippen molar-refractivity contribution in [3.63, 3.8) is 0 Å². The van der Waals surface area contributed by atoms with Gasteiger partial charge < -0.3 is 14.9 Å². The molecule has 0 aliphatic rings. The molecule has 5 rings (SSSR count). The average molecular weight is 635 g/mol. The molecular formula is C30H28BrN5O4S. The van der Waals surface area contributed by atoms with Gasteiger partial charge in [0.2, 0.25) is 11.7 Å². The molecule has 0 bridgehead atoms. The lowest BCUT2D eigenvalue weighted by Gasteiger charge is -2.12. The van der Waals surface area contributed by atoms with Crippen LogP contribution in [0.5, 0.6) is 0 Å². The molecule has 41 heavy (non-hydrogen) atoms. The first-order chi connectivity index (χ1) is 19.9. The number of anilines is 1. The number of hydrogen-bond donors (Lipinski definition) is 3. The van der Waals surface area contributed by atoms with Crippen molar-refractivity contribution in [2.24, 2.45) is 0 Å². The van der Waals surface area contributed by atoms with E-state index in [-0.39, 0.29) is 4.90 Å². The number of aromatic nitrogens is 3. The summed E-state index contributed by atoms with van der Waals surface area (Å²) >= 11 is 3.52. The lowest BCUT2D eigenvalue weighted by atomic mass is 10.1. The van der Waals surface area contributed by atoms with Crippen molar-refractivity contribution >= 4 is 31.6 Å². The molecule has 1 atom stereocenters. The number of halogens is 1.